The number of nitrogens with zero attached hydrogens (tertiary/aromatic N) is 2. The molecule has 0 aliphatic carbocycles. The van der Waals surface area contributed by atoms with Gasteiger partial charge in [0.1, 0.15) is 0 Å². The fraction of sp³-hybridized carbons (Fsp3) is 0.278. The number of halogens is 1. The van der Waals surface area contributed by atoms with Gasteiger partial charge in [0.05, 0.1) is 18.1 Å². The summed E-state index contributed by atoms with van der Waals surface area (Å²) in [6, 6.07) is 11.4. The van der Waals surface area contributed by atoms with Crippen LogP contribution in [0.4, 0.5) is 5.69 Å². The van der Waals surface area contributed by atoms with Crippen molar-refractivity contribution in [1.29, 1.82) is 0 Å². The van der Waals surface area contributed by atoms with Crippen LogP contribution >= 0.6 is 11.6 Å². The Labute approximate surface area is 156 Å². The van der Waals surface area contributed by atoms with Crippen LogP contribution in [-0.2, 0) is 0 Å². The van der Waals surface area contributed by atoms with Gasteiger partial charge in [0.2, 0.25) is 0 Å². The van der Waals surface area contributed by atoms with Crippen LogP contribution in [0.2, 0.25) is 5.02 Å². The number of methoxy groups -OCH3 is 1. The second-order valence-electron chi connectivity index (χ2n) is 5.85. The van der Waals surface area contributed by atoms with Crippen LogP contribution in [0.25, 0.3) is 0 Å². The van der Waals surface area contributed by atoms with Crippen molar-refractivity contribution in [3.05, 3.63) is 68.7 Å². The second-order valence-corrected chi connectivity index (χ2v) is 6.26. The van der Waals surface area contributed by atoms with E-state index in [4.69, 9.17) is 16.3 Å². The molecule has 0 aliphatic rings. The maximum atomic E-state index is 12.4. The number of hydrogen-bond acceptors (Lipinski definition) is 5. The molecular weight excluding hydrogens is 358 g/mol. The zero-order valence-electron chi connectivity index (χ0n) is 14.7. The molecule has 2 aromatic carbocycles. The zero-order valence-corrected chi connectivity index (χ0v) is 15.5. The van der Waals surface area contributed by atoms with Gasteiger partial charge in [-0.25, -0.2) is 0 Å². The van der Waals surface area contributed by atoms with Crippen LogP contribution in [0.3, 0.4) is 0 Å². The molecule has 1 amide bonds. The van der Waals surface area contributed by atoms with E-state index in [9.17, 15) is 14.9 Å². The molecule has 138 valence electrons. The monoisotopic (exact) mass is 377 g/mol. The molecule has 0 fully saturated rings. The SMILES string of the molecule is COc1ccc(C(=O)NC[C@H](c2ccccc2Cl)N(C)C)cc1[N+](=O)[O-]. The lowest BCUT2D eigenvalue weighted by atomic mass is 10.1. The molecule has 2 rings (SSSR count). The van der Waals surface area contributed by atoms with Crippen LogP contribution in [0, 0.1) is 10.1 Å². The standard InChI is InChI=1S/C18H20ClN3O4/c1-21(2)16(13-6-4-5-7-14(13)19)11-20-18(23)12-8-9-17(26-3)15(10-12)22(24)25/h4-10,16H,11H2,1-3H3,(H,20,23)/t16-/m1/s1. The highest BCUT2D eigenvalue weighted by Gasteiger charge is 2.21. The minimum atomic E-state index is -0.581. The summed E-state index contributed by atoms with van der Waals surface area (Å²) in [5.41, 5.74) is 0.824. The summed E-state index contributed by atoms with van der Waals surface area (Å²) >= 11 is 6.26. The Morgan fingerprint density at radius 3 is 2.58 bits per heavy atom. The maximum absolute atomic E-state index is 12.4. The van der Waals surface area contributed by atoms with Crippen molar-refractivity contribution in [3.8, 4) is 5.75 Å². The fourth-order valence-electron chi connectivity index (χ4n) is 2.58. The molecule has 0 saturated heterocycles. The number of nitro benzene ring substituents is 1. The van der Waals surface area contributed by atoms with Gasteiger partial charge in [-0.2, -0.15) is 0 Å². The number of likely N-dealkylation sites (N-methyl/N-ethyl adjacent to an activating group) is 1. The lowest BCUT2D eigenvalue weighted by molar-refractivity contribution is -0.385. The highest BCUT2D eigenvalue weighted by Crippen LogP contribution is 2.28. The first-order valence-electron chi connectivity index (χ1n) is 7.86. The number of ether oxygens (including phenoxy) is 1. The first-order valence-corrected chi connectivity index (χ1v) is 8.24. The van der Waals surface area contributed by atoms with E-state index in [1.165, 1.54) is 25.3 Å². The van der Waals surface area contributed by atoms with E-state index >= 15 is 0 Å². The largest absolute Gasteiger partial charge is 0.490 e. The van der Waals surface area contributed by atoms with E-state index in [1.807, 2.05) is 37.2 Å². The lowest BCUT2D eigenvalue weighted by Crippen LogP contribution is -2.34. The van der Waals surface area contributed by atoms with Crippen LogP contribution in [0.15, 0.2) is 42.5 Å². The van der Waals surface area contributed by atoms with Crippen molar-refractivity contribution in [2.24, 2.45) is 0 Å². The summed E-state index contributed by atoms with van der Waals surface area (Å²) in [7, 11) is 5.12. The first-order chi connectivity index (χ1) is 12.3. The molecule has 0 saturated carbocycles. The van der Waals surface area contributed by atoms with Gasteiger partial charge in [-0.3, -0.25) is 14.9 Å². The maximum Gasteiger partial charge on any atom is 0.311 e. The van der Waals surface area contributed by atoms with Crippen molar-refractivity contribution in [3.63, 3.8) is 0 Å². The molecule has 0 heterocycles. The van der Waals surface area contributed by atoms with Crippen LogP contribution in [0.1, 0.15) is 22.0 Å². The summed E-state index contributed by atoms with van der Waals surface area (Å²) in [6.07, 6.45) is 0. The number of nitrogens with one attached hydrogen (secondary N) is 1. The number of hydrogen-bond donors (Lipinski definition) is 1. The summed E-state index contributed by atoms with van der Waals surface area (Å²) in [5.74, 6) is -0.302. The quantitative estimate of drug-likeness (QED) is 0.591. The summed E-state index contributed by atoms with van der Waals surface area (Å²) in [4.78, 5) is 24.9. The summed E-state index contributed by atoms with van der Waals surface area (Å²) in [5, 5.41) is 14.5. The van der Waals surface area contributed by atoms with Gasteiger partial charge in [0.15, 0.2) is 5.75 Å². The number of rotatable bonds is 7. The second kappa shape index (κ2) is 8.64. The Morgan fingerprint density at radius 2 is 2.00 bits per heavy atom. The molecule has 0 aromatic heterocycles. The Balaban J connectivity index is 2.17. The third-order valence-corrected chi connectivity index (χ3v) is 4.33. The molecule has 1 N–H and O–H groups in total. The number of carbonyl (C=O) groups is 1. The first kappa shape index (κ1) is 19.7. The highest BCUT2D eigenvalue weighted by atomic mass is 35.5. The smallest absolute Gasteiger partial charge is 0.311 e. The summed E-state index contributed by atoms with van der Waals surface area (Å²) < 4.78 is 4.95. The van der Waals surface area contributed by atoms with E-state index in [0.717, 1.165) is 5.56 Å². The molecule has 1 atom stereocenters. The molecule has 0 bridgehead atoms. The van der Waals surface area contributed by atoms with Crippen LogP contribution < -0.4 is 10.1 Å². The molecule has 0 unspecified atom stereocenters. The van der Waals surface area contributed by atoms with E-state index < -0.39 is 10.8 Å². The minimum Gasteiger partial charge on any atom is -0.490 e. The average molecular weight is 378 g/mol. The summed E-state index contributed by atoms with van der Waals surface area (Å²) in [6.45, 7) is 0.301. The molecule has 2 aromatic rings. The predicted octanol–water partition coefficient (Wildman–Crippen LogP) is 3.29. The Bertz CT molecular complexity index is 811. The van der Waals surface area contributed by atoms with E-state index in [0.29, 0.717) is 11.6 Å². The molecule has 0 spiro atoms. The topological polar surface area (TPSA) is 84.7 Å². The zero-order chi connectivity index (χ0) is 19.3. The van der Waals surface area contributed by atoms with Crippen molar-refractivity contribution in [2.75, 3.05) is 27.7 Å². The molecule has 0 aliphatic heterocycles. The molecule has 8 heteroatoms. The van der Waals surface area contributed by atoms with Gasteiger partial charge in [0, 0.05) is 23.2 Å². The Morgan fingerprint density at radius 1 is 1.31 bits per heavy atom. The third-order valence-electron chi connectivity index (χ3n) is 3.98. The highest BCUT2D eigenvalue weighted by molar-refractivity contribution is 6.31. The van der Waals surface area contributed by atoms with Gasteiger partial charge in [-0.1, -0.05) is 29.8 Å². The number of nitro groups is 1. The molecular formula is C18H20ClN3O4. The van der Waals surface area contributed by atoms with Crippen LogP contribution in [0.5, 0.6) is 5.75 Å². The molecule has 7 nitrogen and oxygen atoms in total. The Hall–Kier alpha value is -2.64. The number of amides is 1. The van der Waals surface area contributed by atoms with Gasteiger partial charge in [-0.05, 0) is 37.9 Å². The normalized spacial score (nSPS) is 11.9. The third kappa shape index (κ3) is 4.50. The minimum absolute atomic E-state index is 0.105. The molecule has 0 radical (unpaired) electrons. The Kier molecular flexibility index (Phi) is 6.54. The predicted molar refractivity (Wildman–Crippen MR) is 99.9 cm³/mol. The van der Waals surface area contributed by atoms with Crippen molar-refractivity contribution in [1.82, 2.24) is 10.2 Å². The van der Waals surface area contributed by atoms with Gasteiger partial charge in [-0.15, -0.1) is 0 Å². The van der Waals surface area contributed by atoms with Crippen LogP contribution in [-0.4, -0.2) is 43.5 Å². The van der Waals surface area contributed by atoms with Gasteiger partial charge < -0.3 is 15.0 Å². The van der Waals surface area contributed by atoms with Crippen molar-refractivity contribution >= 4 is 23.2 Å². The van der Waals surface area contributed by atoms with E-state index in [1.54, 1.807) is 6.07 Å². The van der Waals surface area contributed by atoms with Gasteiger partial charge >= 0.3 is 5.69 Å². The molecule has 26 heavy (non-hydrogen) atoms. The fourth-order valence-corrected chi connectivity index (χ4v) is 2.84. The van der Waals surface area contributed by atoms with Crippen molar-refractivity contribution < 1.29 is 14.5 Å². The van der Waals surface area contributed by atoms with Crippen molar-refractivity contribution in [2.45, 2.75) is 6.04 Å². The lowest BCUT2D eigenvalue weighted by Gasteiger charge is -2.26. The van der Waals surface area contributed by atoms with E-state index in [2.05, 4.69) is 5.32 Å². The van der Waals surface area contributed by atoms with E-state index in [-0.39, 0.29) is 23.0 Å². The van der Waals surface area contributed by atoms with Gasteiger partial charge in [0.25, 0.3) is 5.91 Å². The average Bonchev–Trinajstić information content (AvgIpc) is 2.62. The number of carbonyl (C=O) groups excluding carboxylic acids is 1. The number of benzene rings is 2.